The van der Waals surface area contributed by atoms with Crippen molar-refractivity contribution < 1.29 is 154 Å². The molecule has 0 aliphatic carbocycles. The Morgan fingerprint density at radius 2 is 0.634 bits per heavy atom. The van der Waals surface area contributed by atoms with Crippen molar-refractivity contribution >= 4 is 17.5 Å². The molecule has 0 spiro atoms. The summed E-state index contributed by atoms with van der Waals surface area (Å²) in [5, 5.41) is 36.7. The van der Waals surface area contributed by atoms with Crippen LogP contribution in [0, 0.1) is 92.8 Å². The van der Waals surface area contributed by atoms with E-state index in [1.807, 2.05) is 377 Å². The molecule has 21 nitrogen and oxygen atoms in total. The third kappa shape index (κ3) is 34.3. The molecule has 0 amide bonds. The van der Waals surface area contributed by atoms with Gasteiger partial charge in [0.05, 0.1) is 11.9 Å². The number of nitrogens with zero attached hydrogens (tertiary/aromatic N) is 21. The third-order valence-electron chi connectivity index (χ3n) is 19.4. The van der Waals surface area contributed by atoms with Gasteiger partial charge < -0.3 is 43.3 Å². The predicted octanol–water partition coefficient (Wildman–Crippen LogP) is 22.3. The largest absolute Gasteiger partial charge is 0.466 e. The van der Waals surface area contributed by atoms with Gasteiger partial charge >= 0.3 is 6.69 Å². The molecule has 13 aromatic heterocycles. The van der Waals surface area contributed by atoms with E-state index in [1.54, 1.807) is 95.6 Å². The molecule has 0 N–H and O–H groups in total. The molecule has 32 heteroatoms. The van der Waals surface area contributed by atoms with Crippen LogP contribution in [0.3, 0.4) is 0 Å². The second-order valence-electron chi connectivity index (χ2n) is 28.9. The maximum atomic E-state index is 13.2. The Labute approximate surface area is 917 Å². The summed E-state index contributed by atoms with van der Waals surface area (Å²) in [5.41, 5.74) is 15.5. The van der Waals surface area contributed by atoms with Gasteiger partial charge in [-0.2, -0.15) is 117 Å². The van der Waals surface area contributed by atoms with Crippen molar-refractivity contribution in [2.45, 2.75) is 20.8 Å². The van der Waals surface area contributed by atoms with E-state index in [4.69, 9.17) is 0 Å². The van der Waals surface area contributed by atoms with Crippen molar-refractivity contribution in [1.29, 1.82) is 0 Å². The van der Waals surface area contributed by atoms with Crippen molar-refractivity contribution in [2.24, 2.45) is 0 Å². The number of aryl methyl sites for hydroxylation is 3. The number of aromatic nitrogens is 21. The molecule has 0 saturated heterocycles. The molecule has 23 aromatic rings. The van der Waals surface area contributed by atoms with Crippen LogP contribution in [0.4, 0.5) is 13.2 Å². The summed E-state index contributed by atoms with van der Waals surface area (Å²) < 4.78 is 52.9. The average molecular weight is 3110 g/mol. The zero-order valence-corrected chi connectivity index (χ0v) is 92.6. The van der Waals surface area contributed by atoms with E-state index < -0.39 is 18.3 Å². The molecule has 10 aromatic carbocycles. The first-order valence-corrected chi connectivity index (χ1v) is 42.5. The second kappa shape index (κ2) is 62.5. The zero-order chi connectivity index (χ0) is 93.1. The van der Waals surface area contributed by atoms with Gasteiger partial charge in [-0.05, 0) is 180 Å². The molecule has 0 saturated carbocycles. The first-order chi connectivity index (χ1) is 66.5. The van der Waals surface area contributed by atoms with Gasteiger partial charge in [-0.25, -0.2) is 20.4 Å². The topological polar surface area (TPSA) is 207 Å². The van der Waals surface area contributed by atoms with E-state index in [0.29, 0.717) is 5.69 Å². The molecule has 0 aliphatic rings. The SMILES string of the molecule is Cc1cc(C)n(-c2[c-]cccc2)n1.Cc1cnn(-c2[c-]cccc2)c1.Fc1c[c-]c(-c2ccccn2)c(F)c1.Fc1c[c-]c(-c2ccccn2)cc1.[Ir].[Ir].[Ir].[Ir].[Ir].[Ir].[Ir].[c-]1ccccc1-c1cc2ccccc2cn1.[c-]1ccccc1-c1ccccn1.[c-]1ccccc1-c1ccccn1.[c-]1ccccc1-n1cccn1.[c-]1ccccc1-n1cccn1.c1cnn([B-](n2cccn2)(n2cccn2)n2cccn2)c1. The van der Waals surface area contributed by atoms with Crippen LogP contribution in [0.2, 0.25) is 0 Å². The number of pyridine rings is 5. The van der Waals surface area contributed by atoms with Gasteiger partial charge in [0.25, 0.3) is 0 Å². The number of benzene rings is 10. The summed E-state index contributed by atoms with van der Waals surface area (Å²) >= 11 is 0. The molecule has 7 radical (unpaired) electrons. The number of rotatable bonds is 13. The molecule has 0 bridgehead atoms. The van der Waals surface area contributed by atoms with Crippen molar-refractivity contribution in [1.82, 2.24) is 103 Å². The van der Waals surface area contributed by atoms with E-state index in [9.17, 15) is 13.2 Å². The number of fused-ring (bicyclic) bond motifs is 1. The Bertz CT molecular complexity index is 6840. The number of para-hydroxylation sites is 4. The van der Waals surface area contributed by atoms with Crippen molar-refractivity contribution in [3.63, 3.8) is 0 Å². The van der Waals surface area contributed by atoms with Crippen LogP contribution >= 0.6 is 0 Å². The van der Waals surface area contributed by atoms with Gasteiger partial charge in [-0.1, -0.05) is 90.5 Å². The smallest absolute Gasteiger partial charge is 0.379 e. The fourth-order valence-corrected chi connectivity index (χ4v) is 13.2. The van der Waals surface area contributed by atoms with Gasteiger partial charge in [-0.15, -0.1) is 174 Å². The molecule has 0 unspecified atom stereocenters. The number of hydrogen-bond donors (Lipinski definition) is 0. The van der Waals surface area contributed by atoms with E-state index in [1.165, 1.54) is 22.9 Å². The Kier molecular flexibility index (Phi) is 50.7. The summed E-state index contributed by atoms with van der Waals surface area (Å²) in [5.74, 6) is -1.56. The summed E-state index contributed by atoms with van der Waals surface area (Å²) in [6, 6.07) is 134. The zero-order valence-electron chi connectivity index (χ0n) is 75.8. The van der Waals surface area contributed by atoms with E-state index in [-0.39, 0.29) is 152 Å². The number of halogens is 3. The number of hydrogen-bond acceptors (Lipinski definition) is 13. The molecular formula is C110H85BF3Ir7N21-10. The Morgan fingerprint density at radius 3 is 0.972 bits per heavy atom. The fraction of sp³-hybridized carbons (Fsp3) is 0.0273. The van der Waals surface area contributed by atoms with Crippen LogP contribution in [0.1, 0.15) is 17.0 Å². The quantitative estimate of drug-likeness (QED) is 0.0778. The first-order valence-electron chi connectivity index (χ1n) is 42.5. The van der Waals surface area contributed by atoms with Crippen molar-refractivity contribution in [3.8, 4) is 79.0 Å². The molecule has 0 aliphatic heterocycles. The van der Waals surface area contributed by atoms with Gasteiger partial charge in [0, 0.05) is 251 Å². The fourth-order valence-electron chi connectivity index (χ4n) is 13.2. The predicted molar refractivity (Wildman–Crippen MR) is 520 cm³/mol. The standard InChI is InChI=1S/C15H10N.C12H12BN8.C11H6F2N.C11H7FN.C11H11N2.2C11H8N.C10H9N2.2C9H7N2.7Ir/c1-2-6-12(7-3-1)15-10-13-8-4-5-9-14(13)11-16-15;1-5-14-18(9-1)13(19-10-2-6-15-19,20-11-3-7-16-20)21-12-4-8-17-21;12-8-4-5-9(10(13)7-8)11-3-1-2-6-14-11;12-10-6-4-9(5-7-10)11-3-1-2-8-13-11;1-9-8-10(2)13(12-9)11-6-4-3-5-7-11;2*1-2-6-10(7-3-1)11-8-4-5-9-12-11;1-9-7-11-12(8-9)10-5-3-2-4-6-10;2*1-2-5-9(6-3-1)11-8-4-7-10-11;;;;;;;/h1-6,8-11H;1-12H;1-4,6-7H;1-4,6-8H;3-6,8H,1-2H3;2*1-6,8-9H;2-5,7-8H,1H3;2*1-5,7-8H;;;;;;;/q10*-1;;;;;;;. The molecule has 727 valence electrons. The minimum absolute atomic E-state index is 0. The molecule has 23 rings (SSSR count). The van der Waals surface area contributed by atoms with Gasteiger partial charge in [0.2, 0.25) is 0 Å². The van der Waals surface area contributed by atoms with E-state index >= 15 is 0 Å². The van der Waals surface area contributed by atoms with Crippen LogP contribution in [0.15, 0.2) is 464 Å². The average Bonchev–Trinajstić information content (AvgIpc) is 1.55. The van der Waals surface area contributed by atoms with Crippen LogP contribution in [0.25, 0.3) is 89.8 Å². The van der Waals surface area contributed by atoms with Crippen LogP contribution in [0.5, 0.6) is 0 Å². The molecule has 0 atom stereocenters. The normalized spacial score (nSPS) is 9.79. The molecular weight excluding hydrogens is 3030 g/mol. The van der Waals surface area contributed by atoms with E-state index in [2.05, 4.69) is 145 Å². The van der Waals surface area contributed by atoms with Gasteiger partial charge in [-0.3, -0.25) is 31.9 Å². The maximum absolute atomic E-state index is 13.2. The summed E-state index contributed by atoms with van der Waals surface area (Å²) in [4.78, 5) is 21.0. The summed E-state index contributed by atoms with van der Waals surface area (Å²) in [6.07, 6.45) is 34.3. The first kappa shape index (κ1) is 115. The summed E-state index contributed by atoms with van der Waals surface area (Å²) in [7, 11) is 0. The van der Waals surface area contributed by atoms with Gasteiger partial charge in [0.15, 0.2) is 0 Å². The molecule has 0 fully saturated rings. The maximum Gasteiger partial charge on any atom is 0.466 e. The molecule has 13 heterocycles. The van der Waals surface area contributed by atoms with Crippen molar-refractivity contribution in [2.75, 3.05) is 0 Å². The Morgan fingerprint density at radius 1 is 0.268 bits per heavy atom. The van der Waals surface area contributed by atoms with Crippen molar-refractivity contribution in [3.05, 3.63) is 553 Å². The Balaban J connectivity index is 0.000000214. The Hall–Kier alpha value is -13.7. The van der Waals surface area contributed by atoms with Crippen LogP contribution in [-0.2, 0) is 141 Å². The van der Waals surface area contributed by atoms with Crippen LogP contribution in [-0.4, -0.2) is 109 Å². The monoisotopic (exact) mass is 3120 g/mol. The minimum Gasteiger partial charge on any atom is -0.379 e. The second-order valence-corrected chi connectivity index (χ2v) is 28.9. The van der Waals surface area contributed by atoms with Gasteiger partial charge in [0.1, 0.15) is 0 Å². The third-order valence-corrected chi connectivity index (χ3v) is 19.4. The van der Waals surface area contributed by atoms with Crippen LogP contribution < -0.4 is 0 Å². The minimum atomic E-state index is -1.83. The van der Waals surface area contributed by atoms with E-state index in [0.717, 1.165) is 96.9 Å². The summed E-state index contributed by atoms with van der Waals surface area (Å²) in [6.45, 7) is 4.22. The molecule has 142 heavy (non-hydrogen) atoms.